The summed E-state index contributed by atoms with van der Waals surface area (Å²) in [7, 11) is 2.05. The highest BCUT2D eigenvalue weighted by Crippen LogP contribution is 2.38. The number of thioether (sulfide) groups is 1. The Bertz CT molecular complexity index is 1030. The van der Waals surface area contributed by atoms with Crippen LogP contribution in [0.5, 0.6) is 5.75 Å². The number of carbonyl (C=O) groups excluding carboxylic acids is 1. The average Bonchev–Trinajstić information content (AvgIpc) is 2.86. The van der Waals surface area contributed by atoms with Gasteiger partial charge in [-0.1, -0.05) is 30.3 Å². The Hall–Kier alpha value is -3.24. The number of carboxylic acids is 2. The summed E-state index contributed by atoms with van der Waals surface area (Å²) in [5, 5.41) is 18.0. The second kappa shape index (κ2) is 12.5. The summed E-state index contributed by atoms with van der Waals surface area (Å²) in [6.45, 7) is 4.43. The first-order valence-corrected chi connectivity index (χ1v) is 12.6. The maximum atomic E-state index is 13.1. The number of rotatable bonds is 5. The normalized spacial score (nSPS) is 15.8. The third-order valence-electron chi connectivity index (χ3n) is 5.96. The van der Waals surface area contributed by atoms with E-state index in [1.54, 1.807) is 11.8 Å². The number of aliphatic carboxylic acids is 2. The Morgan fingerprint density at radius 1 is 1.06 bits per heavy atom. The lowest BCUT2D eigenvalue weighted by Crippen LogP contribution is -2.44. The summed E-state index contributed by atoms with van der Waals surface area (Å²) in [6.07, 6.45) is 3.99. The number of fused-ring (bicyclic) bond motifs is 1. The molecule has 0 bridgehead atoms. The number of likely N-dealkylation sites (tertiary alicyclic amines) is 1. The van der Waals surface area contributed by atoms with Crippen LogP contribution in [-0.2, 0) is 16.1 Å². The van der Waals surface area contributed by atoms with Gasteiger partial charge in [-0.2, -0.15) is 0 Å². The molecule has 2 aliphatic rings. The van der Waals surface area contributed by atoms with Crippen molar-refractivity contribution in [2.75, 3.05) is 44.4 Å². The fourth-order valence-electron chi connectivity index (χ4n) is 4.05. The summed E-state index contributed by atoms with van der Waals surface area (Å²) in [4.78, 5) is 37.0. The minimum absolute atomic E-state index is 0.0195. The Morgan fingerprint density at radius 3 is 2.31 bits per heavy atom. The van der Waals surface area contributed by atoms with Crippen LogP contribution in [0.15, 0.2) is 47.4 Å². The first-order valence-electron chi connectivity index (χ1n) is 11.4. The van der Waals surface area contributed by atoms with Crippen molar-refractivity contribution in [2.45, 2.75) is 30.3 Å². The maximum absolute atomic E-state index is 13.1. The topological polar surface area (TPSA) is 119 Å². The van der Waals surface area contributed by atoms with E-state index in [9.17, 15) is 4.79 Å². The zero-order valence-electron chi connectivity index (χ0n) is 19.9. The van der Waals surface area contributed by atoms with E-state index in [2.05, 4.69) is 58.6 Å². The monoisotopic (exact) mass is 501 g/mol. The van der Waals surface area contributed by atoms with Crippen LogP contribution in [0, 0.1) is 0 Å². The quantitative estimate of drug-likeness (QED) is 0.420. The predicted octanol–water partition coefficient (Wildman–Crippen LogP) is 2.79. The highest BCUT2D eigenvalue weighted by Gasteiger charge is 2.26. The van der Waals surface area contributed by atoms with Crippen molar-refractivity contribution in [1.29, 1.82) is 0 Å². The van der Waals surface area contributed by atoms with Gasteiger partial charge in [-0.25, -0.2) is 9.59 Å². The molecule has 0 atom stereocenters. The SMILES string of the molecule is CSc1cc(C(=O)NC2CCN(Cc3ccccc3)CC2)c2c(c1)N(C)CCO2.O=C(O)C(=O)O. The summed E-state index contributed by atoms with van der Waals surface area (Å²) in [5.41, 5.74) is 3.01. The highest BCUT2D eigenvalue weighted by atomic mass is 32.2. The molecule has 3 N–H and O–H groups in total. The van der Waals surface area contributed by atoms with Gasteiger partial charge in [0.05, 0.1) is 17.8 Å². The molecule has 1 amide bonds. The minimum Gasteiger partial charge on any atom is -0.489 e. The highest BCUT2D eigenvalue weighted by molar-refractivity contribution is 7.98. The lowest BCUT2D eigenvalue weighted by atomic mass is 10.0. The van der Waals surface area contributed by atoms with Crippen molar-refractivity contribution < 1.29 is 29.3 Å². The van der Waals surface area contributed by atoms with Crippen LogP contribution in [0.2, 0.25) is 0 Å². The first kappa shape index (κ1) is 26.4. The third kappa shape index (κ3) is 7.37. The standard InChI is InChI=1S/C23H29N3O2S.C2H2O4/c1-25-12-13-28-22-20(14-19(29-2)15-21(22)25)23(27)24-18-8-10-26(11-9-18)16-17-6-4-3-5-7-17;3-1(4)2(5)6/h3-7,14-15,18H,8-13,16H2,1-2H3,(H,24,27);(H,3,4)(H,5,6). The number of amides is 1. The molecule has 2 aliphatic heterocycles. The summed E-state index contributed by atoms with van der Waals surface area (Å²) < 4.78 is 5.90. The number of carbonyl (C=O) groups is 3. The Labute approximate surface area is 209 Å². The van der Waals surface area contributed by atoms with Gasteiger partial charge >= 0.3 is 11.9 Å². The van der Waals surface area contributed by atoms with Crippen LogP contribution < -0.4 is 15.0 Å². The van der Waals surface area contributed by atoms with Crippen LogP contribution in [0.3, 0.4) is 0 Å². The molecular formula is C25H31N3O6S. The van der Waals surface area contributed by atoms with Gasteiger partial charge in [0, 0.05) is 37.6 Å². The number of ether oxygens (including phenoxy) is 1. The van der Waals surface area contributed by atoms with Crippen molar-refractivity contribution in [3.63, 3.8) is 0 Å². The van der Waals surface area contributed by atoms with E-state index in [1.165, 1.54) is 5.56 Å². The van der Waals surface area contributed by atoms with Gasteiger partial charge in [0.25, 0.3) is 5.91 Å². The second-order valence-electron chi connectivity index (χ2n) is 8.41. The van der Waals surface area contributed by atoms with Gasteiger partial charge in [-0.15, -0.1) is 11.8 Å². The van der Waals surface area contributed by atoms with E-state index in [-0.39, 0.29) is 11.9 Å². The molecule has 9 nitrogen and oxygen atoms in total. The number of benzene rings is 2. The number of anilines is 1. The van der Waals surface area contributed by atoms with Crippen molar-refractivity contribution in [3.8, 4) is 5.75 Å². The molecule has 0 aromatic heterocycles. The van der Waals surface area contributed by atoms with Crippen LogP contribution in [0.4, 0.5) is 5.69 Å². The molecule has 188 valence electrons. The van der Waals surface area contributed by atoms with Gasteiger partial charge in [0.1, 0.15) is 6.61 Å². The maximum Gasteiger partial charge on any atom is 0.414 e. The van der Waals surface area contributed by atoms with Crippen LogP contribution >= 0.6 is 11.8 Å². The Kier molecular flexibility index (Phi) is 9.39. The molecule has 35 heavy (non-hydrogen) atoms. The molecule has 0 radical (unpaired) electrons. The number of piperidine rings is 1. The van der Waals surface area contributed by atoms with Gasteiger partial charge in [0.2, 0.25) is 0 Å². The number of likely N-dealkylation sites (N-methyl/N-ethyl adjacent to an activating group) is 1. The zero-order valence-corrected chi connectivity index (χ0v) is 20.7. The van der Waals surface area contributed by atoms with Crippen molar-refractivity contribution in [2.24, 2.45) is 0 Å². The molecule has 2 aromatic rings. The fraction of sp³-hybridized carbons (Fsp3) is 0.400. The Balaban J connectivity index is 0.000000509. The number of hydrogen-bond acceptors (Lipinski definition) is 7. The largest absolute Gasteiger partial charge is 0.489 e. The van der Waals surface area contributed by atoms with E-state index in [4.69, 9.17) is 24.5 Å². The van der Waals surface area contributed by atoms with E-state index in [0.29, 0.717) is 12.2 Å². The molecule has 10 heteroatoms. The van der Waals surface area contributed by atoms with Crippen LogP contribution in [0.1, 0.15) is 28.8 Å². The van der Waals surface area contributed by atoms with E-state index >= 15 is 0 Å². The predicted molar refractivity (Wildman–Crippen MR) is 134 cm³/mol. The lowest BCUT2D eigenvalue weighted by Gasteiger charge is -2.33. The molecule has 0 unspecified atom stereocenters. The van der Waals surface area contributed by atoms with E-state index < -0.39 is 11.9 Å². The molecule has 0 aliphatic carbocycles. The number of hydrogen-bond donors (Lipinski definition) is 3. The molecule has 0 spiro atoms. The van der Waals surface area contributed by atoms with Crippen molar-refractivity contribution in [1.82, 2.24) is 10.2 Å². The van der Waals surface area contributed by atoms with E-state index in [0.717, 1.165) is 55.4 Å². The minimum atomic E-state index is -1.82. The van der Waals surface area contributed by atoms with Gasteiger partial charge in [-0.3, -0.25) is 9.69 Å². The van der Waals surface area contributed by atoms with E-state index in [1.807, 2.05) is 12.3 Å². The smallest absolute Gasteiger partial charge is 0.414 e. The van der Waals surface area contributed by atoms with Gasteiger partial charge in [-0.05, 0) is 36.8 Å². The molecule has 4 rings (SSSR count). The summed E-state index contributed by atoms with van der Waals surface area (Å²) in [5.74, 6) is -2.95. The lowest BCUT2D eigenvalue weighted by molar-refractivity contribution is -0.159. The summed E-state index contributed by atoms with van der Waals surface area (Å²) in [6, 6.07) is 14.9. The summed E-state index contributed by atoms with van der Waals surface area (Å²) >= 11 is 1.65. The van der Waals surface area contributed by atoms with Gasteiger partial charge in [0.15, 0.2) is 5.75 Å². The van der Waals surface area contributed by atoms with Crippen molar-refractivity contribution in [3.05, 3.63) is 53.6 Å². The fourth-order valence-corrected chi connectivity index (χ4v) is 4.52. The molecular weight excluding hydrogens is 470 g/mol. The molecule has 2 heterocycles. The van der Waals surface area contributed by atoms with Crippen molar-refractivity contribution >= 4 is 35.3 Å². The third-order valence-corrected chi connectivity index (χ3v) is 6.67. The number of carboxylic acid groups (broad SMARTS) is 2. The molecule has 1 saturated heterocycles. The number of nitrogens with one attached hydrogen (secondary N) is 1. The van der Waals surface area contributed by atoms with Crippen LogP contribution in [0.25, 0.3) is 0 Å². The Morgan fingerprint density at radius 2 is 1.71 bits per heavy atom. The molecule has 0 saturated carbocycles. The zero-order chi connectivity index (χ0) is 25.4. The number of nitrogens with zero attached hydrogens (tertiary/aromatic N) is 2. The molecule has 2 aromatic carbocycles. The van der Waals surface area contributed by atoms with Crippen LogP contribution in [-0.4, -0.2) is 78.5 Å². The molecule has 1 fully saturated rings. The average molecular weight is 502 g/mol. The first-order chi connectivity index (χ1) is 16.8. The van der Waals surface area contributed by atoms with Gasteiger partial charge < -0.3 is 25.2 Å². The second-order valence-corrected chi connectivity index (χ2v) is 9.29.